The van der Waals surface area contributed by atoms with Gasteiger partial charge >= 0.3 is 6.18 Å². The van der Waals surface area contributed by atoms with Crippen molar-refractivity contribution >= 4 is 23.3 Å². The van der Waals surface area contributed by atoms with E-state index in [1.54, 1.807) is 26.2 Å². The molecule has 3 rings (SSSR count). The summed E-state index contributed by atoms with van der Waals surface area (Å²) >= 11 is 6.06. The third-order valence-electron chi connectivity index (χ3n) is 5.85. The second-order valence-electron chi connectivity index (χ2n) is 7.99. The smallest absolute Gasteiger partial charge is 0.417 e. The molecule has 1 aliphatic heterocycles. The molecule has 180 valence electrons. The summed E-state index contributed by atoms with van der Waals surface area (Å²) in [7, 11) is 4.94. The molecule has 2 heterocycles. The number of nitrogens with zero attached hydrogens (tertiary/aromatic N) is 3. The number of carbonyl (C=O) groups is 1. The summed E-state index contributed by atoms with van der Waals surface area (Å²) in [5, 5.41) is -0.0401. The first-order valence-electron chi connectivity index (χ1n) is 10.6. The Morgan fingerprint density at radius 2 is 1.85 bits per heavy atom. The standard InChI is InChI=1S/C23H27ClF3N3O3/c1-29(9-6-15-4-5-19(32-2)20(12-15)33-3)22(31)16-7-10-30(11-8-16)21-18(24)13-17(14-28-21)23(25,26)27/h4-5,12-14,16H,6-11H2,1-3H3. The van der Waals surface area contributed by atoms with Crippen LogP contribution in [0.3, 0.4) is 0 Å². The first-order valence-corrected chi connectivity index (χ1v) is 11.0. The number of aromatic nitrogens is 1. The minimum atomic E-state index is -4.49. The Morgan fingerprint density at radius 3 is 2.42 bits per heavy atom. The molecule has 10 heteroatoms. The van der Waals surface area contributed by atoms with Gasteiger partial charge in [-0.3, -0.25) is 4.79 Å². The number of pyridine rings is 1. The molecule has 0 saturated carbocycles. The van der Waals surface area contributed by atoms with E-state index < -0.39 is 11.7 Å². The van der Waals surface area contributed by atoms with Gasteiger partial charge < -0.3 is 19.3 Å². The third kappa shape index (κ3) is 6.01. The lowest BCUT2D eigenvalue weighted by Gasteiger charge is -2.34. The highest BCUT2D eigenvalue weighted by atomic mass is 35.5. The molecule has 6 nitrogen and oxygen atoms in total. The average molecular weight is 486 g/mol. The predicted octanol–water partition coefficient (Wildman–Crippen LogP) is 4.69. The monoisotopic (exact) mass is 485 g/mol. The normalized spacial score (nSPS) is 14.8. The lowest BCUT2D eigenvalue weighted by molar-refractivity contribution is -0.138. The summed E-state index contributed by atoms with van der Waals surface area (Å²) < 4.78 is 49.1. The highest BCUT2D eigenvalue weighted by Crippen LogP contribution is 2.35. The largest absolute Gasteiger partial charge is 0.493 e. The van der Waals surface area contributed by atoms with Gasteiger partial charge in [-0.05, 0) is 43.0 Å². The van der Waals surface area contributed by atoms with Gasteiger partial charge in [-0.25, -0.2) is 4.98 Å². The van der Waals surface area contributed by atoms with Crippen molar-refractivity contribution in [3.05, 3.63) is 46.6 Å². The van der Waals surface area contributed by atoms with E-state index in [4.69, 9.17) is 21.1 Å². The van der Waals surface area contributed by atoms with Crippen molar-refractivity contribution in [2.45, 2.75) is 25.4 Å². The Labute approximate surface area is 196 Å². The van der Waals surface area contributed by atoms with E-state index in [-0.39, 0.29) is 16.8 Å². The Bertz CT molecular complexity index is 979. The van der Waals surface area contributed by atoms with Crippen LogP contribution in [-0.4, -0.2) is 56.7 Å². The van der Waals surface area contributed by atoms with E-state index in [2.05, 4.69) is 4.98 Å². The van der Waals surface area contributed by atoms with E-state index in [1.807, 2.05) is 23.1 Å². The van der Waals surface area contributed by atoms with Crippen molar-refractivity contribution < 1.29 is 27.4 Å². The van der Waals surface area contributed by atoms with E-state index in [9.17, 15) is 18.0 Å². The number of hydrogen-bond donors (Lipinski definition) is 0. The molecule has 0 radical (unpaired) electrons. The number of amides is 1. The quantitative estimate of drug-likeness (QED) is 0.569. The number of methoxy groups -OCH3 is 2. The number of carbonyl (C=O) groups excluding carboxylic acids is 1. The zero-order chi connectivity index (χ0) is 24.2. The highest BCUT2D eigenvalue weighted by Gasteiger charge is 2.33. The SMILES string of the molecule is COc1ccc(CCN(C)C(=O)C2CCN(c3ncc(C(F)(F)F)cc3Cl)CC2)cc1OC. The molecular weight excluding hydrogens is 459 g/mol. The number of anilines is 1. The first kappa shape index (κ1) is 25.0. The number of ether oxygens (including phenoxy) is 2. The van der Waals surface area contributed by atoms with Crippen LogP contribution in [0.1, 0.15) is 24.0 Å². The van der Waals surface area contributed by atoms with Crippen LogP contribution in [0, 0.1) is 5.92 Å². The lowest BCUT2D eigenvalue weighted by Crippen LogP contribution is -2.42. The fraction of sp³-hybridized carbons (Fsp3) is 0.478. The highest BCUT2D eigenvalue weighted by molar-refractivity contribution is 6.33. The van der Waals surface area contributed by atoms with Gasteiger partial charge in [0.2, 0.25) is 5.91 Å². The predicted molar refractivity (Wildman–Crippen MR) is 120 cm³/mol. The van der Waals surface area contributed by atoms with Gasteiger partial charge in [0.25, 0.3) is 0 Å². The molecule has 2 aromatic rings. The molecule has 0 aliphatic carbocycles. The maximum atomic E-state index is 12.9. The van der Waals surface area contributed by atoms with Crippen molar-refractivity contribution in [2.24, 2.45) is 5.92 Å². The molecule has 0 spiro atoms. The Hall–Kier alpha value is -2.68. The van der Waals surface area contributed by atoms with Crippen molar-refractivity contribution in [3.8, 4) is 11.5 Å². The van der Waals surface area contributed by atoms with Gasteiger partial charge in [0.15, 0.2) is 11.5 Å². The molecule has 1 aromatic heterocycles. The van der Waals surface area contributed by atoms with Gasteiger partial charge in [0.1, 0.15) is 5.82 Å². The molecule has 0 atom stereocenters. The lowest BCUT2D eigenvalue weighted by atomic mass is 9.95. The molecule has 0 unspecified atom stereocenters. The summed E-state index contributed by atoms with van der Waals surface area (Å²) in [6.45, 7) is 1.55. The zero-order valence-corrected chi connectivity index (χ0v) is 19.5. The van der Waals surface area contributed by atoms with E-state index >= 15 is 0 Å². The van der Waals surface area contributed by atoms with Gasteiger partial charge in [-0.1, -0.05) is 17.7 Å². The Kier molecular flexibility index (Phi) is 7.94. The third-order valence-corrected chi connectivity index (χ3v) is 6.13. The first-order chi connectivity index (χ1) is 15.6. The molecule has 0 bridgehead atoms. The van der Waals surface area contributed by atoms with Crippen LogP contribution in [0.5, 0.6) is 11.5 Å². The summed E-state index contributed by atoms with van der Waals surface area (Å²) in [4.78, 5) is 20.4. The number of likely N-dealkylation sites (N-methyl/N-ethyl adjacent to an activating group) is 1. The van der Waals surface area contributed by atoms with Crippen LogP contribution >= 0.6 is 11.6 Å². The number of alkyl halides is 3. The second kappa shape index (κ2) is 10.5. The molecule has 0 N–H and O–H groups in total. The Balaban J connectivity index is 1.54. The minimum Gasteiger partial charge on any atom is -0.493 e. The summed E-state index contributed by atoms with van der Waals surface area (Å²) in [5.74, 6) is 1.52. The topological polar surface area (TPSA) is 54.9 Å². The number of hydrogen-bond acceptors (Lipinski definition) is 5. The van der Waals surface area contributed by atoms with Crippen LogP contribution in [0.2, 0.25) is 5.02 Å². The van der Waals surface area contributed by atoms with Gasteiger partial charge in [0.05, 0.1) is 24.8 Å². The number of rotatable bonds is 7. The van der Waals surface area contributed by atoms with Crippen LogP contribution in [0.15, 0.2) is 30.5 Å². The minimum absolute atomic E-state index is 0.0401. The average Bonchev–Trinajstić information content (AvgIpc) is 2.81. The Morgan fingerprint density at radius 1 is 1.18 bits per heavy atom. The molecule has 1 amide bonds. The van der Waals surface area contributed by atoms with E-state index in [0.717, 1.165) is 17.8 Å². The summed E-state index contributed by atoms with van der Waals surface area (Å²) in [5.41, 5.74) is 0.155. The van der Waals surface area contributed by atoms with Crippen LogP contribution < -0.4 is 14.4 Å². The van der Waals surface area contributed by atoms with E-state index in [0.29, 0.717) is 56.2 Å². The van der Waals surface area contributed by atoms with Gasteiger partial charge in [-0.15, -0.1) is 0 Å². The molecule has 1 saturated heterocycles. The van der Waals surface area contributed by atoms with Crippen molar-refractivity contribution in [1.29, 1.82) is 0 Å². The fourth-order valence-corrected chi connectivity index (χ4v) is 4.20. The fourth-order valence-electron chi connectivity index (χ4n) is 3.91. The van der Waals surface area contributed by atoms with Crippen molar-refractivity contribution in [3.63, 3.8) is 0 Å². The molecule has 1 aliphatic rings. The number of halogens is 4. The van der Waals surface area contributed by atoms with Crippen LogP contribution in [0.25, 0.3) is 0 Å². The van der Waals surface area contributed by atoms with Gasteiger partial charge in [-0.2, -0.15) is 13.2 Å². The maximum absolute atomic E-state index is 12.9. The number of piperidine rings is 1. The summed E-state index contributed by atoms with van der Waals surface area (Å²) in [6.07, 6.45) is -1.86. The zero-order valence-electron chi connectivity index (χ0n) is 18.8. The van der Waals surface area contributed by atoms with Crippen LogP contribution in [-0.2, 0) is 17.4 Å². The molecular formula is C23H27ClF3N3O3. The van der Waals surface area contributed by atoms with E-state index in [1.165, 1.54) is 0 Å². The maximum Gasteiger partial charge on any atom is 0.417 e. The number of benzene rings is 1. The molecule has 1 fully saturated rings. The van der Waals surface area contributed by atoms with Crippen molar-refractivity contribution in [1.82, 2.24) is 9.88 Å². The van der Waals surface area contributed by atoms with Gasteiger partial charge in [0, 0.05) is 38.8 Å². The second-order valence-corrected chi connectivity index (χ2v) is 8.39. The molecule has 33 heavy (non-hydrogen) atoms. The van der Waals surface area contributed by atoms with Crippen LogP contribution in [0.4, 0.5) is 19.0 Å². The molecule has 1 aromatic carbocycles. The summed E-state index contributed by atoms with van der Waals surface area (Å²) in [6, 6.07) is 6.57. The van der Waals surface area contributed by atoms with Crippen molar-refractivity contribution in [2.75, 3.05) is 45.8 Å².